The maximum atomic E-state index is 5.33. The van der Waals surface area contributed by atoms with E-state index in [4.69, 9.17) is 4.74 Å². The van der Waals surface area contributed by atoms with Crippen LogP contribution in [-0.4, -0.2) is 19.3 Å². The second-order valence-electron chi connectivity index (χ2n) is 4.16. The summed E-state index contributed by atoms with van der Waals surface area (Å²) in [6.07, 6.45) is 0. The highest BCUT2D eigenvalue weighted by molar-refractivity contribution is 9.10. The zero-order valence-corrected chi connectivity index (χ0v) is 11.1. The Balaban J connectivity index is 2.42. The van der Waals surface area contributed by atoms with Gasteiger partial charge in [-0.05, 0) is 25.5 Å². The number of methoxy groups -OCH3 is 1. The molecule has 1 aromatic carbocycles. The van der Waals surface area contributed by atoms with E-state index in [2.05, 4.69) is 47.2 Å². The third kappa shape index (κ3) is 4.33. The Kier molecular flexibility index (Phi) is 4.77. The van der Waals surface area contributed by atoms with Gasteiger partial charge in [0.1, 0.15) is 0 Å². The van der Waals surface area contributed by atoms with Crippen molar-refractivity contribution in [3.05, 3.63) is 34.3 Å². The van der Waals surface area contributed by atoms with E-state index in [1.165, 1.54) is 5.56 Å². The third-order valence-electron chi connectivity index (χ3n) is 2.38. The number of hydrogen-bond donors (Lipinski definition) is 1. The summed E-state index contributed by atoms with van der Waals surface area (Å²) in [4.78, 5) is 0. The average Bonchev–Trinajstić information content (AvgIpc) is 2.21. The number of halogens is 1. The van der Waals surface area contributed by atoms with Crippen LogP contribution in [0.2, 0.25) is 0 Å². The Morgan fingerprint density at radius 3 is 2.60 bits per heavy atom. The molecule has 2 nitrogen and oxygen atoms in total. The van der Waals surface area contributed by atoms with Crippen LogP contribution in [0, 0.1) is 0 Å². The van der Waals surface area contributed by atoms with Gasteiger partial charge in [0.05, 0.1) is 5.60 Å². The van der Waals surface area contributed by atoms with Crippen LogP contribution in [0.1, 0.15) is 19.4 Å². The highest BCUT2D eigenvalue weighted by Crippen LogP contribution is 2.15. The quantitative estimate of drug-likeness (QED) is 0.889. The lowest BCUT2D eigenvalue weighted by molar-refractivity contribution is 0.0230. The maximum Gasteiger partial charge on any atom is 0.0746 e. The van der Waals surface area contributed by atoms with Gasteiger partial charge < -0.3 is 10.1 Å². The van der Waals surface area contributed by atoms with Crippen LogP contribution in [0.3, 0.4) is 0 Å². The van der Waals surface area contributed by atoms with Crippen molar-refractivity contribution in [1.82, 2.24) is 5.32 Å². The minimum Gasteiger partial charge on any atom is -0.377 e. The first kappa shape index (κ1) is 12.7. The topological polar surface area (TPSA) is 21.3 Å². The number of hydrogen-bond acceptors (Lipinski definition) is 2. The minimum atomic E-state index is -0.110. The largest absolute Gasteiger partial charge is 0.377 e. The second-order valence-corrected chi connectivity index (χ2v) is 5.01. The van der Waals surface area contributed by atoms with E-state index < -0.39 is 0 Å². The van der Waals surface area contributed by atoms with Crippen molar-refractivity contribution < 1.29 is 4.74 Å². The van der Waals surface area contributed by atoms with Crippen molar-refractivity contribution in [2.24, 2.45) is 0 Å². The van der Waals surface area contributed by atoms with Gasteiger partial charge in [0.25, 0.3) is 0 Å². The molecule has 0 bridgehead atoms. The summed E-state index contributed by atoms with van der Waals surface area (Å²) >= 11 is 3.52. The zero-order valence-electron chi connectivity index (χ0n) is 9.51. The number of ether oxygens (including phenoxy) is 1. The molecule has 0 atom stereocenters. The van der Waals surface area contributed by atoms with Gasteiger partial charge in [-0.25, -0.2) is 0 Å². The zero-order chi connectivity index (χ0) is 11.3. The molecule has 3 heteroatoms. The van der Waals surface area contributed by atoms with Crippen LogP contribution >= 0.6 is 15.9 Å². The summed E-state index contributed by atoms with van der Waals surface area (Å²) in [5.41, 5.74) is 1.16. The highest BCUT2D eigenvalue weighted by atomic mass is 79.9. The van der Waals surface area contributed by atoms with Gasteiger partial charge in [-0.15, -0.1) is 0 Å². The first-order valence-electron chi connectivity index (χ1n) is 5.04. The molecule has 0 saturated heterocycles. The fourth-order valence-electron chi connectivity index (χ4n) is 1.21. The summed E-state index contributed by atoms with van der Waals surface area (Å²) in [5.74, 6) is 0. The second kappa shape index (κ2) is 5.64. The van der Waals surface area contributed by atoms with Crippen molar-refractivity contribution in [3.8, 4) is 0 Å². The van der Waals surface area contributed by atoms with E-state index in [1.807, 2.05) is 12.1 Å². The Morgan fingerprint density at radius 1 is 1.33 bits per heavy atom. The van der Waals surface area contributed by atoms with Crippen molar-refractivity contribution in [1.29, 1.82) is 0 Å². The molecular weight excluding hydrogens is 254 g/mol. The van der Waals surface area contributed by atoms with Gasteiger partial charge in [-0.3, -0.25) is 0 Å². The maximum absolute atomic E-state index is 5.33. The molecule has 15 heavy (non-hydrogen) atoms. The summed E-state index contributed by atoms with van der Waals surface area (Å²) in [7, 11) is 1.74. The van der Waals surface area contributed by atoms with Crippen molar-refractivity contribution in [2.45, 2.75) is 26.0 Å². The Bertz CT molecular complexity index is 312. The van der Waals surface area contributed by atoms with Gasteiger partial charge in [-0.2, -0.15) is 0 Å². The predicted octanol–water partition coefficient (Wildman–Crippen LogP) is 2.96. The van der Waals surface area contributed by atoms with E-state index in [0.717, 1.165) is 17.6 Å². The molecule has 0 radical (unpaired) electrons. The summed E-state index contributed by atoms with van der Waals surface area (Å²) < 4.78 is 6.48. The fraction of sp³-hybridized carbons (Fsp3) is 0.500. The predicted molar refractivity (Wildman–Crippen MR) is 66.9 cm³/mol. The van der Waals surface area contributed by atoms with E-state index >= 15 is 0 Å². The van der Waals surface area contributed by atoms with E-state index in [0.29, 0.717) is 0 Å². The Labute approximate surface area is 100 Å². The smallest absolute Gasteiger partial charge is 0.0746 e. The van der Waals surface area contributed by atoms with Crippen LogP contribution in [0.4, 0.5) is 0 Å². The molecule has 0 unspecified atom stereocenters. The van der Waals surface area contributed by atoms with Crippen LogP contribution in [0.25, 0.3) is 0 Å². The van der Waals surface area contributed by atoms with Crippen LogP contribution < -0.4 is 5.32 Å². The monoisotopic (exact) mass is 271 g/mol. The summed E-state index contributed by atoms with van der Waals surface area (Å²) in [6.45, 7) is 5.83. The van der Waals surface area contributed by atoms with E-state index in [1.54, 1.807) is 7.11 Å². The van der Waals surface area contributed by atoms with Crippen molar-refractivity contribution in [2.75, 3.05) is 13.7 Å². The number of nitrogens with one attached hydrogen (secondary N) is 1. The van der Waals surface area contributed by atoms with Crippen LogP contribution in [-0.2, 0) is 11.3 Å². The van der Waals surface area contributed by atoms with Crippen molar-refractivity contribution >= 4 is 15.9 Å². The lowest BCUT2D eigenvalue weighted by atomic mass is 10.1. The van der Waals surface area contributed by atoms with Crippen LogP contribution in [0.5, 0.6) is 0 Å². The normalized spacial score (nSPS) is 11.7. The Hall–Kier alpha value is -0.380. The molecule has 0 saturated carbocycles. The third-order valence-corrected chi connectivity index (χ3v) is 3.15. The van der Waals surface area contributed by atoms with Gasteiger partial charge >= 0.3 is 0 Å². The number of rotatable bonds is 5. The molecule has 1 rings (SSSR count). The molecule has 0 aliphatic carbocycles. The number of benzene rings is 1. The molecule has 0 amide bonds. The first-order valence-corrected chi connectivity index (χ1v) is 5.84. The molecule has 84 valence electrons. The van der Waals surface area contributed by atoms with Crippen LogP contribution in [0.15, 0.2) is 28.7 Å². The molecule has 1 N–H and O–H groups in total. The van der Waals surface area contributed by atoms with E-state index in [9.17, 15) is 0 Å². The Morgan fingerprint density at radius 2 is 2.00 bits per heavy atom. The molecule has 0 aromatic heterocycles. The molecule has 0 aliphatic heterocycles. The molecule has 0 fully saturated rings. The van der Waals surface area contributed by atoms with Gasteiger partial charge in [-0.1, -0.05) is 34.1 Å². The molecule has 0 heterocycles. The fourth-order valence-corrected chi connectivity index (χ4v) is 1.64. The van der Waals surface area contributed by atoms with Gasteiger partial charge in [0, 0.05) is 24.7 Å². The van der Waals surface area contributed by atoms with Gasteiger partial charge in [0.15, 0.2) is 0 Å². The summed E-state index contributed by atoms with van der Waals surface area (Å²) in [6, 6.07) is 8.23. The highest BCUT2D eigenvalue weighted by Gasteiger charge is 2.15. The molecular formula is C12H18BrNO. The summed E-state index contributed by atoms with van der Waals surface area (Å²) in [5, 5.41) is 3.38. The molecule has 0 aliphatic rings. The first-order chi connectivity index (χ1) is 7.05. The lowest BCUT2D eigenvalue weighted by Crippen LogP contribution is -2.36. The lowest BCUT2D eigenvalue weighted by Gasteiger charge is -2.23. The van der Waals surface area contributed by atoms with Crippen molar-refractivity contribution in [3.63, 3.8) is 0 Å². The van der Waals surface area contributed by atoms with E-state index in [-0.39, 0.29) is 5.60 Å². The van der Waals surface area contributed by atoms with Gasteiger partial charge in [0.2, 0.25) is 0 Å². The standard InChI is InChI=1S/C12H18BrNO/c1-12(2,15-3)9-14-8-10-6-4-5-7-11(10)13/h4-7,14H,8-9H2,1-3H3. The molecule has 0 spiro atoms. The minimum absolute atomic E-state index is 0.110. The average molecular weight is 272 g/mol. The SMILES string of the molecule is COC(C)(C)CNCc1ccccc1Br. The molecule has 1 aromatic rings.